The van der Waals surface area contributed by atoms with Crippen LogP contribution in [0.3, 0.4) is 0 Å². The lowest BCUT2D eigenvalue weighted by Gasteiger charge is -2.36. The fourth-order valence-electron chi connectivity index (χ4n) is 3.08. The van der Waals surface area contributed by atoms with Crippen LogP contribution in [0.4, 0.5) is 0 Å². The summed E-state index contributed by atoms with van der Waals surface area (Å²) in [4.78, 5) is 25.9. The van der Waals surface area contributed by atoms with E-state index in [1.807, 2.05) is 42.6 Å². The van der Waals surface area contributed by atoms with Gasteiger partial charge in [-0.05, 0) is 30.9 Å². The van der Waals surface area contributed by atoms with Crippen LogP contribution in [0.15, 0.2) is 47.8 Å². The zero-order valence-electron chi connectivity index (χ0n) is 15.5. The van der Waals surface area contributed by atoms with Gasteiger partial charge in [-0.25, -0.2) is 0 Å². The first-order valence-electron chi connectivity index (χ1n) is 9.09. The van der Waals surface area contributed by atoms with Crippen LogP contribution in [-0.2, 0) is 16.1 Å². The quantitative estimate of drug-likeness (QED) is 0.664. The number of nitrogens with one attached hydrogen (secondary N) is 3. The van der Waals surface area contributed by atoms with Crippen molar-refractivity contribution < 1.29 is 9.59 Å². The lowest BCUT2D eigenvalue weighted by atomic mass is 9.94. The van der Waals surface area contributed by atoms with E-state index in [9.17, 15) is 9.59 Å². The van der Waals surface area contributed by atoms with Gasteiger partial charge in [-0.15, -0.1) is 23.1 Å². The average molecular weight is 404 g/mol. The van der Waals surface area contributed by atoms with Crippen molar-refractivity contribution in [3.8, 4) is 0 Å². The summed E-state index contributed by atoms with van der Waals surface area (Å²) in [5, 5.41) is 11.6. The van der Waals surface area contributed by atoms with Crippen molar-refractivity contribution in [3.05, 3.63) is 58.3 Å². The second-order valence-corrected chi connectivity index (χ2v) is 9.18. The van der Waals surface area contributed by atoms with E-state index in [2.05, 4.69) is 35.0 Å². The SMILES string of the molecule is CC(SC1NC(=O)C(CC(=O)NCc2cccs2)C(C)N1)c1ccccc1. The molecule has 0 radical (unpaired) electrons. The van der Waals surface area contributed by atoms with Gasteiger partial charge in [0.25, 0.3) is 0 Å². The zero-order valence-corrected chi connectivity index (χ0v) is 17.1. The Bertz CT molecular complexity index is 752. The van der Waals surface area contributed by atoms with Crippen LogP contribution in [-0.4, -0.2) is 23.4 Å². The van der Waals surface area contributed by atoms with Gasteiger partial charge in [0.15, 0.2) is 0 Å². The fraction of sp³-hybridized carbons (Fsp3) is 0.400. The van der Waals surface area contributed by atoms with Crippen molar-refractivity contribution >= 4 is 34.9 Å². The van der Waals surface area contributed by atoms with Gasteiger partial charge < -0.3 is 10.6 Å². The summed E-state index contributed by atoms with van der Waals surface area (Å²) in [5.74, 6) is -0.525. The molecule has 4 unspecified atom stereocenters. The van der Waals surface area contributed by atoms with Gasteiger partial charge >= 0.3 is 0 Å². The van der Waals surface area contributed by atoms with E-state index >= 15 is 0 Å². The average Bonchev–Trinajstić information content (AvgIpc) is 3.17. The summed E-state index contributed by atoms with van der Waals surface area (Å²) in [6, 6.07) is 14.1. The molecule has 27 heavy (non-hydrogen) atoms. The van der Waals surface area contributed by atoms with Crippen LogP contribution in [0.2, 0.25) is 0 Å². The Morgan fingerprint density at radius 3 is 2.70 bits per heavy atom. The lowest BCUT2D eigenvalue weighted by molar-refractivity contribution is -0.133. The monoisotopic (exact) mass is 403 g/mol. The summed E-state index contributed by atoms with van der Waals surface area (Å²) >= 11 is 3.28. The van der Waals surface area contributed by atoms with E-state index in [1.165, 1.54) is 5.56 Å². The van der Waals surface area contributed by atoms with E-state index in [4.69, 9.17) is 0 Å². The molecular weight excluding hydrogens is 378 g/mol. The number of hydrogen-bond donors (Lipinski definition) is 3. The van der Waals surface area contributed by atoms with Crippen LogP contribution < -0.4 is 16.0 Å². The van der Waals surface area contributed by atoms with Gasteiger partial charge in [0, 0.05) is 22.6 Å². The van der Waals surface area contributed by atoms with Crippen LogP contribution >= 0.6 is 23.1 Å². The third-order valence-corrected chi connectivity index (χ3v) is 6.77. The minimum atomic E-state index is -0.364. The van der Waals surface area contributed by atoms with Crippen molar-refractivity contribution in [2.24, 2.45) is 5.92 Å². The lowest BCUT2D eigenvalue weighted by Crippen LogP contribution is -2.59. The molecule has 0 saturated carbocycles. The molecule has 0 bridgehead atoms. The molecule has 3 N–H and O–H groups in total. The highest BCUT2D eigenvalue weighted by Crippen LogP contribution is 2.31. The first kappa shape index (κ1) is 19.9. The molecule has 3 rings (SSSR count). The normalized spacial score (nSPS) is 23.5. The number of carbonyl (C=O) groups is 2. The van der Waals surface area contributed by atoms with E-state index in [1.54, 1.807) is 23.1 Å². The Kier molecular flexibility index (Phi) is 6.93. The van der Waals surface area contributed by atoms with E-state index in [0.29, 0.717) is 6.54 Å². The Balaban J connectivity index is 1.49. The smallest absolute Gasteiger partial charge is 0.227 e. The minimum Gasteiger partial charge on any atom is -0.351 e. The summed E-state index contributed by atoms with van der Waals surface area (Å²) in [7, 11) is 0. The molecular formula is C20H25N3O2S2. The summed E-state index contributed by atoms with van der Waals surface area (Å²) in [6.45, 7) is 4.61. The molecule has 1 aromatic heterocycles. The molecule has 0 aliphatic carbocycles. The molecule has 2 heterocycles. The fourth-order valence-corrected chi connectivity index (χ4v) is 4.92. The molecule has 1 saturated heterocycles. The molecule has 1 fully saturated rings. The molecule has 1 aliphatic rings. The largest absolute Gasteiger partial charge is 0.351 e. The number of carbonyl (C=O) groups excluding carboxylic acids is 2. The predicted molar refractivity (Wildman–Crippen MR) is 111 cm³/mol. The Morgan fingerprint density at radius 2 is 2.04 bits per heavy atom. The highest BCUT2D eigenvalue weighted by molar-refractivity contribution is 8.00. The number of thioether (sulfide) groups is 1. The molecule has 1 aliphatic heterocycles. The maximum Gasteiger partial charge on any atom is 0.227 e. The summed E-state index contributed by atoms with van der Waals surface area (Å²) < 4.78 is 0. The van der Waals surface area contributed by atoms with Gasteiger partial charge in [0.05, 0.1) is 12.5 Å². The number of thiophene rings is 1. The maximum atomic E-state index is 12.6. The zero-order chi connectivity index (χ0) is 19.2. The van der Waals surface area contributed by atoms with Gasteiger partial charge in [-0.1, -0.05) is 36.4 Å². The summed E-state index contributed by atoms with van der Waals surface area (Å²) in [5.41, 5.74) is 1.06. The Labute approximate surface area is 168 Å². The standard InChI is InChI=1S/C20H25N3O2S2/c1-13-17(11-18(24)21-12-16-9-6-10-26-16)19(25)23-20(22-13)27-14(2)15-7-4-3-5-8-15/h3-10,13-14,17,20,22H,11-12H2,1-2H3,(H,21,24)(H,23,25). The van der Waals surface area contributed by atoms with Gasteiger partial charge in [-0.3, -0.25) is 14.9 Å². The molecule has 144 valence electrons. The minimum absolute atomic E-state index is 0.0632. The first-order chi connectivity index (χ1) is 13.0. The first-order valence-corrected chi connectivity index (χ1v) is 10.9. The Morgan fingerprint density at radius 1 is 1.26 bits per heavy atom. The van der Waals surface area contributed by atoms with Crippen LogP contribution in [0, 0.1) is 5.92 Å². The second-order valence-electron chi connectivity index (χ2n) is 6.70. The maximum absolute atomic E-state index is 12.6. The number of benzene rings is 1. The number of rotatable bonds is 7. The highest BCUT2D eigenvalue weighted by atomic mass is 32.2. The molecule has 2 aromatic rings. The molecule has 1 aromatic carbocycles. The molecule has 5 nitrogen and oxygen atoms in total. The van der Waals surface area contributed by atoms with Gasteiger partial charge in [0.2, 0.25) is 11.8 Å². The second kappa shape index (κ2) is 9.39. The van der Waals surface area contributed by atoms with Crippen molar-refractivity contribution in [3.63, 3.8) is 0 Å². The van der Waals surface area contributed by atoms with Crippen LogP contribution in [0.1, 0.15) is 36.0 Å². The van der Waals surface area contributed by atoms with Crippen LogP contribution in [0.25, 0.3) is 0 Å². The highest BCUT2D eigenvalue weighted by Gasteiger charge is 2.35. The number of amides is 2. The summed E-state index contributed by atoms with van der Waals surface area (Å²) in [6.07, 6.45) is 0.191. The van der Waals surface area contributed by atoms with Gasteiger partial charge in [-0.2, -0.15) is 0 Å². The predicted octanol–water partition coefficient (Wildman–Crippen LogP) is 3.26. The number of hydrogen-bond acceptors (Lipinski definition) is 5. The topological polar surface area (TPSA) is 70.2 Å². The van der Waals surface area contributed by atoms with Crippen LogP contribution in [0.5, 0.6) is 0 Å². The van der Waals surface area contributed by atoms with E-state index < -0.39 is 0 Å². The van der Waals surface area contributed by atoms with Crippen molar-refractivity contribution in [1.29, 1.82) is 0 Å². The van der Waals surface area contributed by atoms with Crippen molar-refractivity contribution in [2.75, 3.05) is 0 Å². The molecule has 2 amide bonds. The molecule has 0 spiro atoms. The molecule has 4 atom stereocenters. The Hall–Kier alpha value is -1.83. The molecule has 7 heteroatoms. The van der Waals surface area contributed by atoms with Crippen molar-refractivity contribution in [2.45, 2.75) is 43.6 Å². The van der Waals surface area contributed by atoms with E-state index in [-0.39, 0.29) is 40.9 Å². The van der Waals surface area contributed by atoms with Crippen molar-refractivity contribution in [1.82, 2.24) is 16.0 Å². The van der Waals surface area contributed by atoms with Gasteiger partial charge in [0.1, 0.15) is 5.50 Å². The van der Waals surface area contributed by atoms with E-state index in [0.717, 1.165) is 4.88 Å². The third-order valence-electron chi connectivity index (χ3n) is 4.68. The third kappa shape index (κ3) is 5.57.